The summed E-state index contributed by atoms with van der Waals surface area (Å²) < 4.78 is 15.1. The van der Waals surface area contributed by atoms with Gasteiger partial charge in [0.2, 0.25) is 5.43 Å². The Morgan fingerprint density at radius 1 is 1.20 bits per heavy atom. The van der Waals surface area contributed by atoms with Gasteiger partial charge in [0.05, 0.1) is 10.9 Å². The second kappa shape index (κ2) is 6.47. The number of nitrogens with zero attached hydrogens (tertiary/aromatic N) is 2. The highest BCUT2D eigenvalue weighted by atomic mass is 19.1. The van der Waals surface area contributed by atoms with Gasteiger partial charge < -0.3 is 5.32 Å². The van der Waals surface area contributed by atoms with Gasteiger partial charge in [-0.2, -0.15) is 5.10 Å². The fourth-order valence-electron chi connectivity index (χ4n) is 2.70. The Morgan fingerprint density at radius 3 is 2.68 bits per heavy atom. The van der Waals surface area contributed by atoms with Crippen LogP contribution in [0.2, 0.25) is 0 Å². The van der Waals surface area contributed by atoms with Crippen LogP contribution < -0.4 is 10.7 Å². The molecule has 0 radical (unpaired) electrons. The minimum absolute atomic E-state index is 0.142. The maximum Gasteiger partial charge on any atom is 0.280 e. The first kappa shape index (κ1) is 16.8. The molecule has 25 heavy (non-hydrogen) atoms. The van der Waals surface area contributed by atoms with Crippen molar-refractivity contribution in [2.45, 2.75) is 27.3 Å². The smallest absolute Gasteiger partial charge is 0.280 e. The van der Waals surface area contributed by atoms with E-state index in [1.807, 2.05) is 39.0 Å². The third-order valence-corrected chi connectivity index (χ3v) is 4.07. The van der Waals surface area contributed by atoms with Crippen molar-refractivity contribution < 1.29 is 9.18 Å². The van der Waals surface area contributed by atoms with Gasteiger partial charge >= 0.3 is 0 Å². The lowest BCUT2D eigenvalue weighted by Gasteiger charge is -2.12. The van der Waals surface area contributed by atoms with Crippen molar-refractivity contribution in [1.82, 2.24) is 9.78 Å². The van der Waals surface area contributed by atoms with Crippen molar-refractivity contribution >= 4 is 22.5 Å². The molecule has 3 rings (SSSR count). The normalized spacial score (nSPS) is 10.9. The minimum atomic E-state index is -0.605. The molecule has 0 bridgehead atoms. The quantitative estimate of drug-likeness (QED) is 0.795. The number of hydrogen-bond donors (Lipinski definition) is 1. The lowest BCUT2D eigenvalue weighted by Crippen LogP contribution is -2.27. The first-order chi connectivity index (χ1) is 11.9. The molecule has 0 atom stereocenters. The average molecular weight is 339 g/mol. The lowest BCUT2D eigenvalue weighted by atomic mass is 10.1. The van der Waals surface area contributed by atoms with Crippen LogP contribution in [-0.4, -0.2) is 15.7 Å². The Labute approximate surface area is 144 Å². The maximum atomic E-state index is 13.6. The average Bonchev–Trinajstić information content (AvgIpc) is 2.58. The second-order valence-corrected chi connectivity index (χ2v) is 5.93. The molecule has 0 fully saturated rings. The van der Waals surface area contributed by atoms with Crippen LogP contribution in [0.1, 0.15) is 28.5 Å². The molecule has 0 aliphatic carbocycles. The van der Waals surface area contributed by atoms with E-state index in [0.717, 1.165) is 17.2 Å². The number of amides is 1. The van der Waals surface area contributed by atoms with Gasteiger partial charge in [-0.15, -0.1) is 0 Å². The van der Waals surface area contributed by atoms with Crippen LogP contribution in [0.3, 0.4) is 0 Å². The summed E-state index contributed by atoms with van der Waals surface area (Å²) in [4.78, 5) is 25.2. The van der Waals surface area contributed by atoms with Crippen molar-refractivity contribution in [3.8, 4) is 0 Å². The Balaban J connectivity index is 2.11. The summed E-state index contributed by atoms with van der Waals surface area (Å²) in [7, 11) is 0. The highest BCUT2D eigenvalue weighted by Crippen LogP contribution is 2.17. The molecule has 1 N–H and O–H groups in total. The Kier molecular flexibility index (Phi) is 4.35. The summed E-state index contributed by atoms with van der Waals surface area (Å²) in [5.74, 6) is -1.13. The summed E-state index contributed by atoms with van der Waals surface area (Å²) in [6, 6.07) is 9.55. The molecule has 1 heterocycles. The SMILES string of the molecule is CCn1nc(C(=O)Nc2cc(C)ccc2C)c(=O)c2cc(F)ccc21. The number of aromatic nitrogens is 2. The molecule has 5 nitrogen and oxygen atoms in total. The number of aryl methyl sites for hydroxylation is 3. The number of benzene rings is 2. The minimum Gasteiger partial charge on any atom is -0.320 e. The number of nitrogens with one attached hydrogen (secondary N) is 1. The predicted octanol–water partition coefficient (Wildman–Crippen LogP) is 3.42. The van der Waals surface area contributed by atoms with Gasteiger partial charge in [-0.3, -0.25) is 14.3 Å². The Bertz CT molecular complexity index is 1040. The number of fused-ring (bicyclic) bond motifs is 1. The van der Waals surface area contributed by atoms with E-state index in [0.29, 0.717) is 17.7 Å². The third kappa shape index (κ3) is 3.15. The monoisotopic (exact) mass is 339 g/mol. The van der Waals surface area contributed by atoms with Gasteiger partial charge in [-0.05, 0) is 56.2 Å². The highest BCUT2D eigenvalue weighted by Gasteiger charge is 2.18. The number of hydrogen-bond acceptors (Lipinski definition) is 3. The summed E-state index contributed by atoms with van der Waals surface area (Å²) in [6.07, 6.45) is 0. The molecule has 0 unspecified atom stereocenters. The van der Waals surface area contributed by atoms with E-state index < -0.39 is 17.2 Å². The van der Waals surface area contributed by atoms with Crippen LogP contribution in [0, 0.1) is 19.7 Å². The van der Waals surface area contributed by atoms with Crippen LogP contribution in [0.15, 0.2) is 41.2 Å². The van der Waals surface area contributed by atoms with Gasteiger partial charge in [-0.1, -0.05) is 12.1 Å². The second-order valence-electron chi connectivity index (χ2n) is 5.93. The zero-order valence-electron chi connectivity index (χ0n) is 14.3. The van der Waals surface area contributed by atoms with Gasteiger partial charge in [0.25, 0.3) is 5.91 Å². The van der Waals surface area contributed by atoms with Gasteiger partial charge in [0.1, 0.15) is 5.82 Å². The summed E-state index contributed by atoms with van der Waals surface area (Å²) in [5, 5.41) is 7.04. The number of halogens is 1. The zero-order chi connectivity index (χ0) is 18.1. The first-order valence-electron chi connectivity index (χ1n) is 7.99. The van der Waals surface area contributed by atoms with Crippen LogP contribution in [0.25, 0.3) is 10.9 Å². The Morgan fingerprint density at radius 2 is 1.96 bits per heavy atom. The number of carbonyl (C=O) groups excluding carboxylic acids is 1. The standard InChI is InChI=1S/C19H18FN3O2/c1-4-23-16-8-7-13(20)10-14(16)18(24)17(22-23)19(25)21-15-9-11(2)5-6-12(15)3/h5-10H,4H2,1-3H3,(H,21,25). The molecule has 128 valence electrons. The number of carbonyl (C=O) groups is 1. The molecular formula is C19H18FN3O2. The van der Waals surface area contributed by atoms with Crippen LogP contribution >= 0.6 is 0 Å². The predicted molar refractivity (Wildman–Crippen MR) is 95.5 cm³/mol. The van der Waals surface area contributed by atoms with Crippen LogP contribution in [-0.2, 0) is 6.54 Å². The topological polar surface area (TPSA) is 64.0 Å². The fraction of sp³-hybridized carbons (Fsp3) is 0.211. The van der Waals surface area contributed by atoms with E-state index in [9.17, 15) is 14.0 Å². The van der Waals surface area contributed by atoms with Gasteiger partial charge in [-0.25, -0.2) is 4.39 Å². The molecule has 1 aromatic heterocycles. The molecule has 0 saturated heterocycles. The highest BCUT2D eigenvalue weighted by molar-refractivity contribution is 6.04. The zero-order valence-corrected chi connectivity index (χ0v) is 14.3. The third-order valence-electron chi connectivity index (χ3n) is 4.07. The number of anilines is 1. The van der Waals surface area contributed by atoms with Crippen molar-refractivity contribution in [3.63, 3.8) is 0 Å². The molecule has 6 heteroatoms. The summed E-state index contributed by atoms with van der Waals surface area (Å²) in [6.45, 7) is 6.07. The maximum absolute atomic E-state index is 13.6. The summed E-state index contributed by atoms with van der Waals surface area (Å²) >= 11 is 0. The van der Waals surface area contributed by atoms with Crippen molar-refractivity contribution in [3.05, 3.63) is 69.3 Å². The van der Waals surface area contributed by atoms with Gasteiger partial charge in [0, 0.05) is 12.2 Å². The Hall–Kier alpha value is -3.02. The van der Waals surface area contributed by atoms with E-state index >= 15 is 0 Å². The van der Waals surface area contributed by atoms with Crippen molar-refractivity contribution in [2.75, 3.05) is 5.32 Å². The first-order valence-corrected chi connectivity index (χ1v) is 7.99. The fourth-order valence-corrected chi connectivity index (χ4v) is 2.70. The van der Waals surface area contributed by atoms with Crippen molar-refractivity contribution in [2.24, 2.45) is 0 Å². The molecule has 0 aliphatic heterocycles. The van der Waals surface area contributed by atoms with E-state index in [1.54, 1.807) is 0 Å². The van der Waals surface area contributed by atoms with E-state index in [2.05, 4.69) is 10.4 Å². The molecular weight excluding hydrogens is 321 g/mol. The lowest BCUT2D eigenvalue weighted by molar-refractivity contribution is 0.101. The summed E-state index contributed by atoms with van der Waals surface area (Å²) in [5.41, 5.74) is 2.15. The van der Waals surface area contributed by atoms with Crippen LogP contribution in [0.5, 0.6) is 0 Å². The molecule has 3 aromatic rings. The van der Waals surface area contributed by atoms with E-state index in [-0.39, 0.29) is 11.1 Å². The van der Waals surface area contributed by atoms with Gasteiger partial charge in [0.15, 0.2) is 5.69 Å². The van der Waals surface area contributed by atoms with E-state index in [4.69, 9.17) is 0 Å². The molecule has 0 saturated carbocycles. The molecule has 0 aliphatic rings. The molecule has 1 amide bonds. The molecule has 0 spiro atoms. The number of rotatable bonds is 3. The van der Waals surface area contributed by atoms with E-state index in [1.165, 1.54) is 16.8 Å². The largest absolute Gasteiger partial charge is 0.320 e. The van der Waals surface area contributed by atoms with Crippen LogP contribution in [0.4, 0.5) is 10.1 Å². The molecule has 2 aromatic carbocycles. The van der Waals surface area contributed by atoms with Crippen molar-refractivity contribution in [1.29, 1.82) is 0 Å².